The van der Waals surface area contributed by atoms with Gasteiger partial charge >= 0.3 is 0 Å². The van der Waals surface area contributed by atoms with Crippen LogP contribution in [-0.4, -0.2) is 97.7 Å². The zero-order chi connectivity index (χ0) is 33.7. The first-order chi connectivity index (χ1) is 22.3. The molecule has 2 aromatic carbocycles. The number of carbonyl (C=O) groups excluding carboxylic acids is 2. The maximum absolute atomic E-state index is 13.9. The van der Waals surface area contributed by atoms with Gasteiger partial charge in [0.2, 0.25) is 15.9 Å². The second-order valence-corrected chi connectivity index (χ2v) is 16.3. The van der Waals surface area contributed by atoms with Crippen molar-refractivity contribution in [2.24, 2.45) is 7.05 Å². The highest BCUT2D eigenvalue weighted by molar-refractivity contribution is 7.93. The molecule has 3 fully saturated rings. The third-order valence-corrected chi connectivity index (χ3v) is 11.7. The highest BCUT2D eigenvalue weighted by Crippen LogP contribution is 2.41. The van der Waals surface area contributed by atoms with Crippen molar-refractivity contribution >= 4 is 44.1 Å². The molecule has 0 spiro atoms. The number of aromatic nitrogens is 1. The SMILES string of the molecule is COc1c(NC(=O)c2cc3cccc(CN4CCN(C(=O)[C@@H]5CCCN5C)CC4)c3n2C)cc(C(C)(C)C)cc1NS(=O)(=O)C1CC1. The lowest BCUT2D eigenvalue weighted by molar-refractivity contribution is -0.137. The van der Waals surface area contributed by atoms with Gasteiger partial charge in [0.15, 0.2) is 5.75 Å². The number of fused-ring (bicyclic) bond motifs is 1. The van der Waals surface area contributed by atoms with Crippen LogP contribution in [0.2, 0.25) is 0 Å². The minimum atomic E-state index is -3.56. The van der Waals surface area contributed by atoms with E-state index in [1.54, 1.807) is 6.07 Å². The van der Waals surface area contributed by atoms with Gasteiger partial charge < -0.3 is 19.5 Å². The topological polar surface area (TPSA) is 116 Å². The zero-order valence-corrected chi connectivity index (χ0v) is 29.2. The molecule has 0 radical (unpaired) electrons. The lowest BCUT2D eigenvalue weighted by Gasteiger charge is -2.37. The van der Waals surface area contributed by atoms with Crippen molar-refractivity contribution in [2.75, 3.05) is 56.9 Å². The van der Waals surface area contributed by atoms with Crippen LogP contribution < -0.4 is 14.8 Å². The number of nitrogens with one attached hydrogen (secondary N) is 2. The van der Waals surface area contributed by atoms with Gasteiger partial charge in [0, 0.05) is 45.2 Å². The number of benzene rings is 2. The van der Waals surface area contributed by atoms with Gasteiger partial charge in [-0.05, 0) is 74.0 Å². The molecule has 2 saturated heterocycles. The number of anilines is 2. The summed E-state index contributed by atoms with van der Waals surface area (Å²) in [5.74, 6) is 0.202. The molecule has 1 saturated carbocycles. The molecule has 2 amide bonds. The number of hydrogen-bond acceptors (Lipinski definition) is 7. The number of rotatable bonds is 9. The molecule has 3 heterocycles. The minimum absolute atomic E-state index is 0.0118. The molecular weight excluding hydrogens is 616 g/mol. The molecule has 1 aliphatic carbocycles. The van der Waals surface area contributed by atoms with Crippen molar-refractivity contribution in [3.63, 3.8) is 0 Å². The van der Waals surface area contributed by atoms with E-state index < -0.39 is 15.3 Å². The fourth-order valence-electron chi connectivity index (χ4n) is 6.90. The maximum Gasteiger partial charge on any atom is 0.272 e. The van der Waals surface area contributed by atoms with E-state index in [0.29, 0.717) is 49.5 Å². The van der Waals surface area contributed by atoms with Crippen LogP contribution in [0, 0.1) is 0 Å². The van der Waals surface area contributed by atoms with E-state index in [2.05, 4.69) is 25.9 Å². The van der Waals surface area contributed by atoms with Gasteiger partial charge in [-0.3, -0.25) is 24.1 Å². The van der Waals surface area contributed by atoms with Crippen LogP contribution in [0.25, 0.3) is 10.9 Å². The molecule has 6 rings (SSSR count). The number of likely N-dealkylation sites (tertiary alicyclic amines) is 1. The molecule has 3 aliphatic rings. The molecule has 12 heteroatoms. The number of aryl methyl sites for hydroxylation is 1. The van der Waals surface area contributed by atoms with E-state index in [1.807, 2.05) is 68.6 Å². The average Bonchev–Trinajstić information content (AvgIpc) is 3.72. The number of amides is 2. The predicted octanol–water partition coefficient (Wildman–Crippen LogP) is 4.38. The molecule has 3 aromatic rings. The van der Waals surface area contributed by atoms with Crippen molar-refractivity contribution in [1.82, 2.24) is 19.3 Å². The highest BCUT2D eigenvalue weighted by Gasteiger charge is 2.37. The van der Waals surface area contributed by atoms with Gasteiger partial charge in [-0.2, -0.15) is 0 Å². The monoisotopic (exact) mass is 664 g/mol. The molecule has 0 unspecified atom stereocenters. The summed E-state index contributed by atoms with van der Waals surface area (Å²) in [5.41, 5.74) is 3.84. The highest BCUT2D eigenvalue weighted by atomic mass is 32.2. The zero-order valence-electron chi connectivity index (χ0n) is 28.4. The molecule has 47 heavy (non-hydrogen) atoms. The fraction of sp³-hybridized carbons (Fsp3) is 0.543. The van der Waals surface area contributed by atoms with Crippen molar-refractivity contribution in [3.05, 3.63) is 53.2 Å². The fourth-order valence-corrected chi connectivity index (χ4v) is 8.28. The third kappa shape index (κ3) is 6.86. The number of carbonyl (C=O) groups is 2. The van der Waals surface area contributed by atoms with Crippen molar-refractivity contribution in [1.29, 1.82) is 0 Å². The minimum Gasteiger partial charge on any atom is -0.492 e. The molecule has 2 N–H and O–H groups in total. The molecule has 2 aliphatic heterocycles. The molecule has 11 nitrogen and oxygen atoms in total. The number of methoxy groups -OCH3 is 1. The van der Waals surface area contributed by atoms with Gasteiger partial charge in [0.25, 0.3) is 5.91 Å². The van der Waals surface area contributed by atoms with Crippen LogP contribution >= 0.6 is 0 Å². The van der Waals surface area contributed by atoms with Gasteiger partial charge in [0.05, 0.1) is 35.3 Å². The molecule has 0 bridgehead atoms. The molecule has 254 valence electrons. The van der Waals surface area contributed by atoms with E-state index in [4.69, 9.17) is 4.74 Å². The Morgan fingerprint density at radius 1 is 0.957 bits per heavy atom. The summed E-state index contributed by atoms with van der Waals surface area (Å²) in [6.07, 6.45) is 3.29. The Balaban J connectivity index is 1.22. The second-order valence-electron chi connectivity index (χ2n) is 14.3. The second kappa shape index (κ2) is 12.8. The Morgan fingerprint density at radius 3 is 2.28 bits per heavy atom. The number of para-hydroxylation sites is 1. The quantitative estimate of drug-likeness (QED) is 0.349. The normalized spacial score (nSPS) is 19.7. The van der Waals surface area contributed by atoms with Crippen LogP contribution in [0.3, 0.4) is 0 Å². The Morgan fingerprint density at radius 2 is 1.66 bits per heavy atom. The van der Waals surface area contributed by atoms with E-state index >= 15 is 0 Å². The van der Waals surface area contributed by atoms with Crippen LogP contribution in [0.4, 0.5) is 11.4 Å². The Kier molecular flexibility index (Phi) is 9.05. The Bertz CT molecular complexity index is 1780. The van der Waals surface area contributed by atoms with Gasteiger partial charge in [-0.1, -0.05) is 39.0 Å². The summed E-state index contributed by atoms with van der Waals surface area (Å²) in [6.45, 7) is 10.8. The van der Waals surface area contributed by atoms with E-state index in [-0.39, 0.29) is 29.0 Å². The maximum atomic E-state index is 13.9. The molecular formula is C35H48N6O5S. The van der Waals surface area contributed by atoms with E-state index in [9.17, 15) is 18.0 Å². The summed E-state index contributed by atoms with van der Waals surface area (Å²) in [4.78, 5) is 33.6. The van der Waals surface area contributed by atoms with E-state index in [0.717, 1.165) is 54.5 Å². The largest absolute Gasteiger partial charge is 0.492 e. The van der Waals surface area contributed by atoms with Crippen LogP contribution in [0.5, 0.6) is 5.75 Å². The van der Waals surface area contributed by atoms with Gasteiger partial charge in [-0.15, -0.1) is 0 Å². The first kappa shape index (κ1) is 33.3. The van der Waals surface area contributed by atoms with Gasteiger partial charge in [-0.25, -0.2) is 8.42 Å². The Hall–Kier alpha value is -3.61. The number of likely N-dealkylation sites (N-methyl/N-ethyl adjacent to an activating group) is 1. The molecule has 1 aromatic heterocycles. The van der Waals surface area contributed by atoms with Crippen LogP contribution in [0.1, 0.15) is 68.1 Å². The predicted molar refractivity (Wildman–Crippen MR) is 186 cm³/mol. The van der Waals surface area contributed by atoms with Crippen LogP contribution in [0.15, 0.2) is 36.4 Å². The Labute approximate surface area is 278 Å². The number of sulfonamides is 1. The average molecular weight is 665 g/mol. The van der Waals surface area contributed by atoms with E-state index in [1.165, 1.54) is 7.11 Å². The number of nitrogens with zero attached hydrogens (tertiary/aromatic N) is 4. The standard InChI is InChI=1S/C35H48N6O5S/c1-35(2,3)25-20-27(32(46-6)28(21-25)37-47(44,45)26-12-13-26)36-33(42)30-19-23-9-7-10-24(31(23)39(30)5)22-40-15-17-41(18-16-40)34(43)29-11-8-14-38(29)4/h7,9-10,19-21,26,29,37H,8,11-18,22H2,1-6H3,(H,36,42)/t29-/m0/s1. The summed E-state index contributed by atoms with van der Waals surface area (Å²) in [7, 11) is 1.85. The van der Waals surface area contributed by atoms with Crippen molar-refractivity contribution in [3.8, 4) is 5.75 Å². The van der Waals surface area contributed by atoms with Gasteiger partial charge in [0.1, 0.15) is 5.69 Å². The first-order valence-corrected chi connectivity index (χ1v) is 18.2. The number of piperazine rings is 1. The lowest BCUT2D eigenvalue weighted by atomic mass is 9.86. The lowest BCUT2D eigenvalue weighted by Crippen LogP contribution is -2.52. The molecule has 1 atom stereocenters. The first-order valence-electron chi connectivity index (χ1n) is 16.6. The third-order valence-electron chi connectivity index (χ3n) is 9.88. The summed E-state index contributed by atoms with van der Waals surface area (Å²) >= 11 is 0. The van der Waals surface area contributed by atoms with Crippen LogP contribution in [-0.2, 0) is 33.8 Å². The number of ether oxygens (including phenoxy) is 1. The summed E-state index contributed by atoms with van der Waals surface area (Å²) in [6, 6.07) is 11.7. The van der Waals surface area contributed by atoms with Crippen molar-refractivity contribution < 1.29 is 22.7 Å². The number of hydrogen-bond donors (Lipinski definition) is 2. The summed E-state index contributed by atoms with van der Waals surface area (Å²) in [5, 5.41) is 3.59. The smallest absolute Gasteiger partial charge is 0.272 e. The summed E-state index contributed by atoms with van der Waals surface area (Å²) < 4.78 is 36.1. The van der Waals surface area contributed by atoms with Crippen molar-refractivity contribution in [2.45, 2.75) is 69.7 Å².